The van der Waals surface area contributed by atoms with Gasteiger partial charge in [0.15, 0.2) is 12.4 Å². The topological polar surface area (TPSA) is 93.9 Å². The molecule has 0 N–H and O–H groups in total. The van der Waals surface area contributed by atoms with E-state index < -0.39 is 30.2 Å². The molecular formula is C22H17NO6. The van der Waals surface area contributed by atoms with E-state index in [0.717, 1.165) is 10.3 Å². The number of imide groups is 1. The standard InChI is InChI=1S/C22H17NO6/c1-13-14-6-4-5-9-18(14)29-20(13)17(24)12-28-19(25)10-11-23-21(26)15-7-2-3-8-16(15)22(23)27/h2-9H,10-12H2,1H3. The highest BCUT2D eigenvalue weighted by Gasteiger charge is 2.35. The van der Waals surface area contributed by atoms with E-state index in [0.29, 0.717) is 22.3 Å². The van der Waals surface area contributed by atoms with Gasteiger partial charge in [-0.25, -0.2) is 0 Å². The highest BCUT2D eigenvalue weighted by Crippen LogP contribution is 2.25. The average Bonchev–Trinajstić information content (AvgIpc) is 3.20. The zero-order valence-electron chi connectivity index (χ0n) is 15.6. The Hall–Kier alpha value is -3.74. The molecule has 0 unspecified atom stereocenters. The number of hydrogen-bond donors (Lipinski definition) is 0. The average molecular weight is 391 g/mol. The minimum Gasteiger partial charge on any atom is -0.457 e. The van der Waals surface area contributed by atoms with Gasteiger partial charge < -0.3 is 9.15 Å². The number of ketones is 1. The summed E-state index contributed by atoms with van der Waals surface area (Å²) in [6, 6.07) is 13.7. The fourth-order valence-electron chi connectivity index (χ4n) is 3.37. The molecule has 7 heteroatoms. The largest absolute Gasteiger partial charge is 0.457 e. The second kappa shape index (κ2) is 7.35. The van der Waals surface area contributed by atoms with Gasteiger partial charge >= 0.3 is 5.97 Å². The van der Waals surface area contributed by atoms with Gasteiger partial charge in [-0.15, -0.1) is 0 Å². The summed E-state index contributed by atoms with van der Waals surface area (Å²) in [5.41, 5.74) is 1.92. The Morgan fingerprint density at radius 2 is 1.59 bits per heavy atom. The summed E-state index contributed by atoms with van der Waals surface area (Å²) in [5, 5.41) is 0.827. The fourth-order valence-corrected chi connectivity index (χ4v) is 3.37. The molecule has 3 aromatic rings. The van der Waals surface area contributed by atoms with Crippen molar-refractivity contribution in [2.24, 2.45) is 0 Å². The lowest BCUT2D eigenvalue weighted by atomic mass is 10.1. The normalized spacial score (nSPS) is 13.1. The molecule has 146 valence electrons. The van der Waals surface area contributed by atoms with Crippen molar-refractivity contribution in [1.82, 2.24) is 4.90 Å². The number of ether oxygens (including phenoxy) is 1. The third-order valence-corrected chi connectivity index (χ3v) is 4.88. The zero-order valence-corrected chi connectivity index (χ0v) is 15.6. The SMILES string of the molecule is Cc1c(C(=O)COC(=O)CCN2C(=O)c3ccccc3C2=O)oc2ccccc12. The number of furan rings is 1. The smallest absolute Gasteiger partial charge is 0.308 e. The van der Waals surface area contributed by atoms with Crippen LogP contribution in [0.4, 0.5) is 0 Å². The van der Waals surface area contributed by atoms with E-state index in [1.54, 1.807) is 43.3 Å². The minimum absolute atomic E-state index is 0.108. The first-order chi connectivity index (χ1) is 14.0. The predicted molar refractivity (Wildman–Crippen MR) is 103 cm³/mol. The maximum atomic E-state index is 12.4. The number of aryl methyl sites for hydroxylation is 1. The highest BCUT2D eigenvalue weighted by atomic mass is 16.5. The van der Waals surface area contributed by atoms with Gasteiger partial charge in [0.05, 0.1) is 17.5 Å². The van der Waals surface area contributed by atoms with Gasteiger partial charge in [-0.2, -0.15) is 0 Å². The Morgan fingerprint density at radius 1 is 0.966 bits per heavy atom. The molecule has 0 atom stereocenters. The molecule has 1 aliphatic heterocycles. The first-order valence-electron chi connectivity index (χ1n) is 9.09. The Bertz CT molecular complexity index is 1120. The van der Waals surface area contributed by atoms with Crippen LogP contribution in [0.15, 0.2) is 52.9 Å². The molecule has 7 nitrogen and oxygen atoms in total. The van der Waals surface area contributed by atoms with Crippen LogP contribution in [0.3, 0.4) is 0 Å². The van der Waals surface area contributed by atoms with E-state index in [1.807, 2.05) is 12.1 Å². The first-order valence-corrected chi connectivity index (χ1v) is 9.09. The van der Waals surface area contributed by atoms with E-state index in [9.17, 15) is 19.2 Å². The van der Waals surface area contributed by atoms with Crippen LogP contribution in [0.2, 0.25) is 0 Å². The zero-order chi connectivity index (χ0) is 20.5. The second-order valence-electron chi connectivity index (χ2n) is 6.69. The molecule has 0 fully saturated rings. The number of esters is 1. The number of benzene rings is 2. The molecule has 0 saturated heterocycles. The molecule has 4 rings (SSSR count). The summed E-state index contributed by atoms with van der Waals surface area (Å²) in [5.74, 6) is -1.85. The Balaban J connectivity index is 1.34. The van der Waals surface area contributed by atoms with Crippen LogP contribution in [0.1, 0.15) is 43.3 Å². The Kier molecular flexibility index (Phi) is 4.72. The molecule has 2 amide bonds. The first kappa shape index (κ1) is 18.6. The summed E-state index contributed by atoms with van der Waals surface area (Å²) in [6.07, 6.45) is -0.197. The molecule has 0 aliphatic carbocycles. The molecule has 2 heterocycles. The van der Waals surface area contributed by atoms with Crippen molar-refractivity contribution in [3.05, 3.63) is 71.0 Å². The lowest BCUT2D eigenvalue weighted by Crippen LogP contribution is -2.32. The van der Waals surface area contributed by atoms with Crippen molar-refractivity contribution in [1.29, 1.82) is 0 Å². The number of rotatable bonds is 6. The van der Waals surface area contributed by atoms with E-state index in [4.69, 9.17) is 9.15 Å². The van der Waals surface area contributed by atoms with E-state index in [1.165, 1.54) is 0 Å². The predicted octanol–water partition coefficient (Wildman–Crippen LogP) is 3.15. The van der Waals surface area contributed by atoms with Gasteiger partial charge in [0.1, 0.15) is 5.58 Å². The van der Waals surface area contributed by atoms with Crippen molar-refractivity contribution in [2.75, 3.05) is 13.2 Å². The van der Waals surface area contributed by atoms with Crippen molar-refractivity contribution in [3.8, 4) is 0 Å². The molecule has 0 radical (unpaired) electrons. The Labute approximate surface area is 165 Å². The van der Waals surface area contributed by atoms with Crippen LogP contribution in [-0.2, 0) is 9.53 Å². The van der Waals surface area contributed by atoms with Gasteiger partial charge in [-0.05, 0) is 25.1 Å². The number of para-hydroxylation sites is 1. The summed E-state index contributed by atoms with van der Waals surface area (Å²) in [6.45, 7) is 1.19. The number of carbonyl (C=O) groups excluding carboxylic acids is 4. The maximum Gasteiger partial charge on any atom is 0.308 e. The fraction of sp³-hybridized carbons (Fsp3) is 0.182. The van der Waals surface area contributed by atoms with Gasteiger partial charge in [0.25, 0.3) is 11.8 Å². The lowest BCUT2D eigenvalue weighted by Gasteiger charge is -2.13. The van der Waals surface area contributed by atoms with Crippen LogP contribution < -0.4 is 0 Å². The molecular weight excluding hydrogens is 374 g/mol. The number of Topliss-reactive ketones (excluding diaryl/α,β-unsaturated/α-hetero) is 1. The second-order valence-corrected chi connectivity index (χ2v) is 6.69. The highest BCUT2D eigenvalue weighted by molar-refractivity contribution is 6.21. The number of amides is 2. The van der Waals surface area contributed by atoms with Crippen LogP contribution in [0.5, 0.6) is 0 Å². The maximum absolute atomic E-state index is 12.4. The monoisotopic (exact) mass is 391 g/mol. The molecule has 0 bridgehead atoms. The van der Waals surface area contributed by atoms with Gasteiger partial charge in [-0.1, -0.05) is 30.3 Å². The van der Waals surface area contributed by atoms with Crippen molar-refractivity contribution in [2.45, 2.75) is 13.3 Å². The lowest BCUT2D eigenvalue weighted by molar-refractivity contribution is -0.142. The van der Waals surface area contributed by atoms with Crippen LogP contribution >= 0.6 is 0 Å². The summed E-state index contributed by atoms with van der Waals surface area (Å²) < 4.78 is 10.6. The summed E-state index contributed by atoms with van der Waals surface area (Å²) in [4.78, 5) is 50.0. The van der Waals surface area contributed by atoms with Gasteiger partial charge in [0, 0.05) is 17.5 Å². The van der Waals surface area contributed by atoms with E-state index >= 15 is 0 Å². The van der Waals surface area contributed by atoms with E-state index in [2.05, 4.69) is 0 Å². The van der Waals surface area contributed by atoms with Crippen LogP contribution in [-0.4, -0.2) is 41.6 Å². The molecule has 2 aromatic carbocycles. The number of hydrogen-bond acceptors (Lipinski definition) is 6. The van der Waals surface area contributed by atoms with E-state index in [-0.39, 0.29) is 18.7 Å². The summed E-state index contributed by atoms with van der Waals surface area (Å²) >= 11 is 0. The van der Waals surface area contributed by atoms with Crippen molar-refractivity contribution in [3.63, 3.8) is 0 Å². The quantitative estimate of drug-likeness (QED) is 0.364. The van der Waals surface area contributed by atoms with Crippen LogP contribution in [0, 0.1) is 6.92 Å². The third-order valence-electron chi connectivity index (χ3n) is 4.88. The van der Waals surface area contributed by atoms with Crippen molar-refractivity contribution >= 4 is 34.5 Å². The van der Waals surface area contributed by atoms with Gasteiger partial charge in [0.2, 0.25) is 5.78 Å². The Morgan fingerprint density at radius 3 is 2.24 bits per heavy atom. The van der Waals surface area contributed by atoms with Crippen molar-refractivity contribution < 1.29 is 28.3 Å². The number of fused-ring (bicyclic) bond motifs is 2. The third kappa shape index (κ3) is 3.31. The summed E-state index contributed by atoms with van der Waals surface area (Å²) in [7, 11) is 0. The molecule has 1 aromatic heterocycles. The minimum atomic E-state index is -0.677. The molecule has 0 saturated carbocycles. The molecule has 1 aliphatic rings. The van der Waals surface area contributed by atoms with Crippen LogP contribution in [0.25, 0.3) is 11.0 Å². The molecule has 0 spiro atoms. The number of nitrogens with zero attached hydrogens (tertiary/aromatic N) is 1. The molecule has 29 heavy (non-hydrogen) atoms. The number of carbonyl (C=O) groups is 4. The van der Waals surface area contributed by atoms with Gasteiger partial charge in [-0.3, -0.25) is 24.1 Å².